The van der Waals surface area contributed by atoms with Crippen LogP contribution in [-0.4, -0.2) is 9.97 Å². The summed E-state index contributed by atoms with van der Waals surface area (Å²) >= 11 is 4.43. The molecule has 11 heavy (non-hydrogen) atoms. The molecule has 0 saturated heterocycles. The van der Waals surface area contributed by atoms with Crippen LogP contribution in [-0.2, 0) is 21.1 Å². The van der Waals surface area contributed by atoms with Crippen molar-refractivity contribution >= 4 is 45.2 Å². The molecule has 0 rings (SSSR count). The predicted molar refractivity (Wildman–Crippen MR) is 62.2 cm³/mol. The normalized spacial score (nSPS) is 15.8. The molecule has 0 saturated carbocycles. The molecule has 0 spiro atoms. The Kier molecular flexibility index (Phi) is 10.6. The number of rotatable bonds is 4. The minimum Gasteiger partial charge on any atom is -0.469 e. The van der Waals surface area contributed by atoms with E-state index in [0.29, 0.717) is 0 Å². The van der Waals surface area contributed by atoms with Gasteiger partial charge in [-0.05, 0) is 4.43 Å². The Morgan fingerprint density at radius 2 is 2.00 bits per heavy atom. The first-order valence-corrected chi connectivity index (χ1v) is 5.80. The summed E-state index contributed by atoms with van der Waals surface area (Å²) in [5.74, 6) is 0. The molecule has 4 N–H and O–H groups in total. The van der Waals surface area contributed by atoms with E-state index in [9.17, 15) is 0 Å². The zero-order valence-electron chi connectivity index (χ0n) is 6.35. The molecule has 0 aliphatic carbocycles. The number of hydrogen-bond donors (Lipinski definition) is 2. The summed E-state index contributed by atoms with van der Waals surface area (Å²) in [5.41, 5.74) is 11.4. The van der Waals surface area contributed by atoms with Gasteiger partial charge in [-0.3, -0.25) is 22.6 Å². The van der Waals surface area contributed by atoms with Gasteiger partial charge in [0.2, 0.25) is 0 Å². The molecule has 0 heterocycles. The van der Waals surface area contributed by atoms with E-state index in [4.69, 9.17) is 11.5 Å². The summed E-state index contributed by atoms with van der Waals surface area (Å²) < 4.78 is 1.88. The topological polar surface area (TPSA) is 52.0 Å². The molecule has 0 aromatic rings. The van der Waals surface area contributed by atoms with E-state index in [1.807, 2.05) is 0 Å². The van der Waals surface area contributed by atoms with Crippen LogP contribution in [0.25, 0.3) is 0 Å². The minimum atomic E-state index is -0.234. The van der Waals surface area contributed by atoms with Crippen molar-refractivity contribution in [1.82, 2.24) is 0 Å². The van der Waals surface area contributed by atoms with Gasteiger partial charge in [0.1, 0.15) is 0 Å². The average molecular weight is 562 g/mol. The van der Waals surface area contributed by atoms with Crippen molar-refractivity contribution in [2.45, 2.75) is 25.3 Å². The predicted octanol–water partition coefficient (Wildman–Crippen LogP) is 1.80. The van der Waals surface area contributed by atoms with Crippen LogP contribution in [0.3, 0.4) is 0 Å². The smallest absolute Gasteiger partial charge is 0 e. The summed E-state index contributed by atoms with van der Waals surface area (Å²) in [6, 6.07) is 0. The Labute approximate surface area is 110 Å². The largest absolute Gasteiger partial charge is 0.469 e. The second kappa shape index (κ2) is 7.47. The van der Waals surface area contributed by atoms with Crippen LogP contribution in [0.5, 0.6) is 0 Å². The second-order valence-electron chi connectivity index (χ2n) is 2.30. The van der Waals surface area contributed by atoms with Crippen LogP contribution in [0, 0.1) is 4.05 Å². The molecule has 0 aromatic heterocycles. The zero-order chi connectivity index (χ0) is 8.20. The molecule has 0 bridgehead atoms. The van der Waals surface area contributed by atoms with E-state index in [2.05, 4.69) is 52.1 Å². The van der Waals surface area contributed by atoms with Crippen molar-refractivity contribution in [2.75, 3.05) is 4.43 Å². The van der Waals surface area contributed by atoms with Crippen LogP contribution in [0.1, 0.15) is 19.8 Å². The third-order valence-corrected chi connectivity index (χ3v) is 3.26. The van der Waals surface area contributed by atoms with Gasteiger partial charge in [0.05, 0.1) is 0 Å². The van der Waals surface area contributed by atoms with Crippen LogP contribution in [0.4, 0.5) is 0 Å². The van der Waals surface area contributed by atoms with Crippen molar-refractivity contribution in [3.8, 4) is 0 Å². The number of nitrogens with two attached hydrogens (primary N) is 2. The number of alkyl halides is 1. The minimum absolute atomic E-state index is 0. The van der Waals surface area contributed by atoms with Gasteiger partial charge in [0.15, 0.2) is 0 Å². The first-order valence-electron chi connectivity index (χ1n) is 3.20. The van der Waals surface area contributed by atoms with Gasteiger partial charge < -0.3 is 11.5 Å². The zero-order valence-corrected chi connectivity index (χ0v) is 12.9. The maximum atomic E-state index is 5.98. The van der Waals surface area contributed by atoms with Crippen LogP contribution in [0.15, 0.2) is 0 Å². The summed E-state index contributed by atoms with van der Waals surface area (Å²) in [7, 11) is 0. The number of halogens is 2. The van der Waals surface area contributed by atoms with Gasteiger partial charge in [0.25, 0.3) is 0 Å². The molecule has 0 amide bonds. The Morgan fingerprint density at radius 1 is 1.55 bits per heavy atom. The third-order valence-electron chi connectivity index (χ3n) is 1.65. The van der Waals surface area contributed by atoms with Gasteiger partial charge in [-0.15, -0.1) is 0 Å². The fourth-order valence-corrected chi connectivity index (χ4v) is 2.25. The monoisotopic (exact) mass is 562 g/mol. The maximum absolute atomic E-state index is 5.98. The fourth-order valence-electron chi connectivity index (χ4n) is 0.634. The van der Waals surface area contributed by atoms with Gasteiger partial charge in [-0.2, -0.15) is 4.05 Å². The Hall–Kier alpha value is 2.07. The fraction of sp³-hybridized carbons (Fsp3) is 0.833. The summed E-state index contributed by atoms with van der Waals surface area (Å²) in [4.78, 5) is 0. The molecular formula is C6H13I2N2Pt-. The summed E-state index contributed by atoms with van der Waals surface area (Å²) in [6.45, 7) is 2.07. The molecule has 1 atom stereocenters. The van der Waals surface area contributed by atoms with E-state index in [0.717, 1.165) is 21.3 Å². The van der Waals surface area contributed by atoms with Crippen LogP contribution in [0.2, 0.25) is 0 Å². The first kappa shape index (κ1) is 15.5. The SMILES string of the molecule is CCC(N)(CCI)[C-](N)I.[Pt]. The Morgan fingerprint density at radius 3 is 2.09 bits per heavy atom. The quantitative estimate of drug-likeness (QED) is 0.238. The van der Waals surface area contributed by atoms with E-state index in [1.54, 1.807) is 0 Å². The second-order valence-corrected chi connectivity index (χ2v) is 4.54. The summed E-state index contributed by atoms with van der Waals surface area (Å²) in [5, 5.41) is 0. The van der Waals surface area contributed by atoms with Gasteiger partial charge in [-0.25, -0.2) is 0 Å². The van der Waals surface area contributed by atoms with Crippen molar-refractivity contribution < 1.29 is 21.1 Å². The van der Waals surface area contributed by atoms with Crippen LogP contribution >= 0.6 is 45.2 Å². The molecular weight excluding hydrogens is 549 g/mol. The molecule has 5 heteroatoms. The third kappa shape index (κ3) is 5.39. The summed E-state index contributed by atoms with van der Waals surface area (Å²) in [6.07, 6.45) is 1.89. The molecule has 0 aliphatic heterocycles. The van der Waals surface area contributed by atoms with Gasteiger partial charge in [0, 0.05) is 21.1 Å². The standard InChI is InChI=1S/C6H13I2N2.Pt/c1-2-6(10,3-4-7)5(8)9;/h2-4,9-10H2,1H3;/q-1;. The molecule has 0 fully saturated rings. The molecule has 0 radical (unpaired) electrons. The van der Waals surface area contributed by atoms with Crippen LogP contribution < -0.4 is 11.5 Å². The van der Waals surface area contributed by atoms with Crippen molar-refractivity contribution in [2.24, 2.45) is 11.5 Å². The molecule has 0 aliphatic rings. The maximum Gasteiger partial charge on any atom is 0 e. The molecule has 0 aromatic carbocycles. The Bertz CT molecular complexity index is 103. The van der Waals surface area contributed by atoms with Crippen molar-refractivity contribution in [3.05, 3.63) is 4.05 Å². The first-order chi connectivity index (χ1) is 4.56. The van der Waals surface area contributed by atoms with Crippen molar-refractivity contribution in [3.63, 3.8) is 0 Å². The van der Waals surface area contributed by atoms with E-state index >= 15 is 0 Å². The molecule has 72 valence electrons. The van der Waals surface area contributed by atoms with E-state index < -0.39 is 0 Å². The van der Waals surface area contributed by atoms with Crippen molar-refractivity contribution in [1.29, 1.82) is 0 Å². The van der Waals surface area contributed by atoms with Gasteiger partial charge >= 0.3 is 0 Å². The Balaban J connectivity index is 0. The molecule has 2 nitrogen and oxygen atoms in total. The van der Waals surface area contributed by atoms with Gasteiger partial charge in [-0.1, -0.05) is 47.9 Å². The van der Waals surface area contributed by atoms with E-state index in [1.165, 1.54) is 0 Å². The van der Waals surface area contributed by atoms with E-state index in [-0.39, 0.29) is 26.6 Å². The average Bonchev–Trinajstić information content (AvgIpc) is 1.88. The number of hydrogen-bond acceptors (Lipinski definition) is 2. The molecule has 1 unspecified atom stereocenters.